The number of aromatic nitrogens is 2. The molecule has 6 atom stereocenters. The first-order valence-electron chi connectivity index (χ1n) is 12.1. The van der Waals surface area contributed by atoms with Crippen LogP contribution in [0.15, 0.2) is 52.2 Å². The molecule has 39 heavy (non-hydrogen) atoms. The summed E-state index contributed by atoms with van der Waals surface area (Å²) in [7, 11) is 0. The number of hydrogen-bond donors (Lipinski definition) is 4. The maximum atomic E-state index is 12.8. The van der Waals surface area contributed by atoms with Crippen molar-refractivity contribution < 1.29 is 33.5 Å². The number of aromatic amines is 1. The Kier molecular flexibility index (Phi) is 9.90. The molecule has 4 N–H and O–H groups in total. The fraction of sp³-hybridized carbons (Fsp3) is 0.480. The summed E-state index contributed by atoms with van der Waals surface area (Å²) < 4.78 is 23.9. The Morgan fingerprint density at radius 1 is 1.28 bits per heavy atom. The topological polar surface area (TPSA) is 161 Å². The number of ether oxygens (including phenoxy) is 2. The standard InChI is InChI=1S/C25H32N3O9PS/c1-6-19(29)25(28-13-12-20(30)26-24(28)33)22(31)18(36-25)14-34-38(39,37-17-10-8-7-9-11-17)27-21(15(2)3)23(32)35-16(4)5/h1,7-13,15-16,18-19,21-22,29,31H,14H2,2-5H3,(H,27,39)(H,26,30,33)/t18-,19+,21+,22-,25-,38?/m1/s1. The van der Waals surface area contributed by atoms with Crippen LogP contribution in [0.2, 0.25) is 0 Å². The summed E-state index contributed by atoms with van der Waals surface area (Å²) in [6.45, 7) is 3.20. The molecule has 0 bridgehead atoms. The van der Waals surface area contributed by atoms with Gasteiger partial charge in [0.25, 0.3) is 5.56 Å². The van der Waals surface area contributed by atoms with Gasteiger partial charge in [0.15, 0.2) is 6.10 Å². The van der Waals surface area contributed by atoms with E-state index >= 15 is 0 Å². The van der Waals surface area contributed by atoms with Gasteiger partial charge in [-0.2, -0.15) is 0 Å². The number of H-pyrrole nitrogens is 1. The quantitative estimate of drug-likeness (QED) is 0.160. The van der Waals surface area contributed by atoms with Crippen molar-refractivity contribution in [1.29, 1.82) is 0 Å². The summed E-state index contributed by atoms with van der Waals surface area (Å²) in [4.78, 5) is 38.8. The van der Waals surface area contributed by atoms with Crippen molar-refractivity contribution in [2.45, 2.75) is 63.9 Å². The summed E-state index contributed by atoms with van der Waals surface area (Å²) in [5.74, 6) is 1.63. The molecule has 1 aromatic carbocycles. The van der Waals surface area contributed by atoms with Gasteiger partial charge >= 0.3 is 18.3 Å². The minimum absolute atomic E-state index is 0.252. The smallest absolute Gasteiger partial charge is 0.330 e. The Morgan fingerprint density at radius 2 is 1.95 bits per heavy atom. The van der Waals surface area contributed by atoms with Crippen LogP contribution in [0, 0.1) is 18.3 Å². The molecule has 3 rings (SSSR count). The maximum absolute atomic E-state index is 12.8. The predicted molar refractivity (Wildman–Crippen MR) is 145 cm³/mol. The molecule has 0 spiro atoms. The van der Waals surface area contributed by atoms with Gasteiger partial charge in [-0.25, -0.2) is 9.88 Å². The van der Waals surface area contributed by atoms with Crippen LogP contribution in [-0.2, 0) is 36.3 Å². The summed E-state index contributed by atoms with van der Waals surface area (Å²) in [5, 5.41) is 24.5. The van der Waals surface area contributed by atoms with E-state index in [9.17, 15) is 24.6 Å². The number of aliphatic hydroxyl groups is 2. The van der Waals surface area contributed by atoms with Gasteiger partial charge < -0.3 is 28.7 Å². The van der Waals surface area contributed by atoms with E-state index in [4.69, 9.17) is 36.8 Å². The van der Waals surface area contributed by atoms with Gasteiger partial charge in [0.2, 0.25) is 5.72 Å². The highest BCUT2D eigenvalue weighted by molar-refractivity contribution is 8.09. The first kappa shape index (κ1) is 30.7. The van der Waals surface area contributed by atoms with Crippen LogP contribution < -0.4 is 20.9 Å². The summed E-state index contributed by atoms with van der Waals surface area (Å²) in [5.41, 5.74) is -3.71. The number of para-hydroxylation sites is 1. The minimum atomic E-state index is -3.50. The molecular weight excluding hydrogens is 549 g/mol. The van der Waals surface area contributed by atoms with E-state index in [1.54, 1.807) is 58.0 Å². The van der Waals surface area contributed by atoms with Crippen LogP contribution in [0.3, 0.4) is 0 Å². The van der Waals surface area contributed by atoms with Gasteiger partial charge in [-0.3, -0.25) is 19.1 Å². The number of esters is 1. The van der Waals surface area contributed by atoms with Crippen molar-refractivity contribution >= 4 is 24.4 Å². The van der Waals surface area contributed by atoms with E-state index in [-0.39, 0.29) is 18.6 Å². The van der Waals surface area contributed by atoms with E-state index in [2.05, 4.69) is 5.09 Å². The SMILES string of the molecule is C#C[C@H](O)[C@@]1(n2ccc(=O)[nH]c2=O)O[C@H](COP(=S)(N[C@H](C(=O)OC(C)C)C(C)C)Oc2ccccc2)[C@H]1O. The van der Waals surface area contributed by atoms with Gasteiger partial charge in [0, 0.05) is 12.3 Å². The lowest BCUT2D eigenvalue weighted by Gasteiger charge is -2.53. The number of benzene rings is 1. The molecule has 0 saturated carbocycles. The number of rotatable bonds is 12. The van der Waals surface area contributed by atoms with Crippen molar-refractivity contribution in [3.63, 3.8) is 0 Å². The average molecular weight is 582 g/mol. The molecule has 212 valence electrons. The number of aliphatic hydroxyl groups excluding tert-OH is 2. The van der Waals surface area contributed by atoms with Crippen molar-refractivity contribution in [3.8, 4) is 18.1 Å². The van der Waals surface area contributed by atoms with Crippen molar-refractivity contribution in [2.75, 3.05) is 6.61 Å². The molecule has 1 aliphatic heterocycles. The molecule has 14 heteroatoms. The molecule has 0 amide bonds. The van der Waals surface area contributed by atoms with E-state index in [1.807, 2.05) is 10.9 Å². The number of nitrogens with one attached hydrogen (secondary N) is 2. The lowest BCUT2D eigenvalue weighted by atomic mass is 9.88. The summed E-state index contributed by atoms with van der Waals surface area (Å²) in [6, 6.07) is 8.72. The summed E-state index contributed by atoms with van der Waals surface area (Å²) in [6.07, 6.45) is 1.64. The van der Waals surface area contributed by atoms with E-state index in [0.717, 1.165) is 16.8 Å². The normalized spacial score (nSPS) is 23.8. The van der Waals surface area contributed by atoms with Crippen molar-refractivity contribution in [1.82, 2.24) is 14.6 Å². The van der Waals surface area contributed by atoms with Crippen molar-refractivity contribution in [2.24, 2.45) is 5.92 Å². The molecule has 12 nitrogen and oxygen atoms in total. The van der Waals surface area contributed by atoms with Crippen LogP contribution in [0.1, 0.15) is 27.7 Å². The minimum Gasteiger partial charge on any atom is -0.462 e. The molecule has 1 unspecified atom stereocenters. The number of hydrogen-bond acceptors (Lipinski definition) is 10. The van der Waals surface area contributed by atoms with Gasteiger partial charge in [-0.1, -0.05) is 38.0 Å². The second-order valence-corrected chi connectivity index (χ2v) is 12.6. The molecule has 0 radical (unpaired) electrons. The lowest BCUT2D eigenvalue weighted by Crippen LogP contribution is -2.73. The molecule has 1 saturated heterocycles. The third-order valence-electron chi connectivity index (χ3n) is 5.81. The third-order valence-corrected chi connectivity index (χ3v) is 8.20. The van der Waals surface area contributed by atoms with Crippen LogP contribution in [-0.4, -0.2) is 62.8 Å². The molecule has 1 fully saturated rings. The molecule has 1 aliphatic rings. The number of nitrogens with zero attached hydrogens (tertiary/aromatic N) is 1. The van der Waals surface area contributed by atoms with Crippen LogP contribution in [0.5, 0.6) is 5.75 Å². The first-order chi connectivity index (χ1) is 18.3. The molecule has 2 aromatic rings. The Labute approximate surface area is 230 Å². The zero-order valence-corrected chi connectivity index (χ0v) is 23.6. The molecular formula is C25H32N3O9PS. The van der Waals surface area contributed by atoms with Crippen LogP contribution in [0.4, 0.5) is 0 Å². The zero-order chi connectivity index (χ0) is 29.0. The highest BCUT2D eigenvalue weighted by Crippen LogP contribution is 2.48. The van der Waals surface area contributed by atoms with E-state index in [1.165, 1.54) is 0 Å². The predicted octanol–water partition coefficient (Wildman–Crippen LogP) is 0.829. The summed E-state index contributed by atoms with van der Waals surface area (Å²) >= 11 is 5.74. The second kappa shape index (κ2) is 12.6. The fourth-order valence-electron chi connectivity index (χ4n) is 3.90. The molecule has 1 aromatic heterocycles. The Bertz CT molecular complexity index is 1360. The number of carbonyl (C=O) groups excluding carboxylic acids is 1. The van der Waals surface area contributed by atoms with Crippen LogP contribution in [0.25, 0.3) is 0 Å². The van der Waals surface area contributed by atoms with Crippen LogP contribution >= 0.6 is 6.64 Å². The second-order valence-electron chi connectivity index (χ2n) is 9.44. The van der Waals surface area contributed by atoms with Gasteiger partial charge in [0.05, 0.1) is 12.7 Å². The highest BCUT2D eigenvalue weighted by atomic mass is 32.5. The molecule has 2 heterocycles. The molecule has 0 aliphatic carbocycles. The fourth-order valence-corrected chi connectivity index (χ4v) is 6.34. The number of carbonyl (C=O) groups is 1. The average Bonchev–Trinajstić information content (AvgIpc) is 2.87. The monoisotopic (exact) mass is 581 g/mol. The first-order valence-corrected chi connectivity index (χ1v) is 14.8. The van der Waals surface area contributed by atoms with E-state index < -0.39 is 53.9 Å². The lowest BCUT2D eigenvalue weighted by molar-refractivity contribution is -0.361. The van der Waals surface area contributed by atoms with Gasteiger partial charge in [-0.15, -0.1) is 6.42 Å². The number of terminal acetylenes is 1. The van der Waals surface area contributed by atoms with Gasteiger partial charge in [0.1, 0.15) is 24.0 Å². The Hall–Kier alpha value is -2.82. The Balaban J connectivity index is 1.86. The van der Waals surface area contributed by atoms with E-state index in [0.29, 0.717) is 5.75 Å². The maximum Gasteiger partial charge on any atom is 0.330 e. The van der Waals surface area contributed by atoms with Crippen molar-refractivity contribution in [3.05, 3.63) is 63.4 Å². The third kappa shape index (κ3) is 6.85. The largest absolute Gasteiger partial charge is 0.462 e. The Morgan fingerprint density at radius 3 is 2.49 bits per heavy atom. The zero-order valence-electron chi connectivity index (χ0n) is 21.8. The van der Waals surface area contributed by atoms with Gasteiger partial charge in [-0.05, 0) is 43.7 Å². The highest BCUT2D eigenvalue weighted by Gasteiger charge is 2.61.